The van der Waals surface area contributed by atoms with Gasteiger partial charge in [-0.25, -0.2) is 4.98 Å². The van der Waals surface area contributed by atoms with Crippen LogP contribution in [-0.2, 0) is 4.74 Å². The summed E-state index contributed by atoms with van der Waals surface area (Å²) < 4.78 is 40.1. The van der Waals surface area contributed by atoms with Crippen LogP contribution in [0.1, 0.15) is 23.3 Å². The second kappa shape index (κ2) is 5.33. The minimum absolute atomic E-state index is 0.158. The normalized spacial score (nSPS) is 17.7. The number of amides is 1. The van der Waals surface area contributed by atoms with E-state index in [1.54, 1.807) is 0 Å². The van der Waals surface area contributed by atoms with Gasteiger partial charge in [-0.3, -0.25) is 9.53 Å². The number of hydrogen-bond donors (Lipinski definition) is 1. The summed E-state index contributed by atoms with van der Waals surface area (Å²) in [7, 11) is 0. The van der Waals surface area contributed by atoms with Gasteiger partial charge in [-0.1, -0.05) is 0 Å². The number of aromatic nitrogens is 1. The number of piperidine rings is 1. The highest BCUT2D eigenvalue weighted by Crippen LogP contribution is 2.25. The Balaban J connectivity index is 1.88. The Hall–Kier alpha value is -1.35. The van der Waals surface area contributed by atoms with Gasteiger partial charge in [0.1, 0.15) is 5.69 Å². The van der Waals surface area contributed by atoms with Crippen LogP contribution in [0.3, 0.4) is 0 Å². The maximum absolute atomic E-state index is 12.0. The number of nitrogens with two attached hydrogens (primary N) is 1. The van der Waals surface area contributed by atoms with E-state index in [1.165, 1.54) is 10.3 Å². The standard InChI is InChI=1S/C10H12F3N3O2S/c11-10(12,13)18-6-1-3-16(4-2-6)8(17)7-5-19-9(14)15-7/h5-6H,1-4H2,(H2,14,15). The molecule has 0 bridgehead atoms. The number of halogens is 3. The van der Waals surface area contributed by atoms with Gasteiger partial charge < -0.3 is 10.6 Å². The Morgan fingerprint density at radius 2 is 2.11 bits per heavy atom. The summed E-state index contributed by atoms with van der Waals surface area (Å²) in [6.07, 6.45) is -5.19. The van der Waals surface area contributed by atoms with Crippen molar-refractivity contribution in [1.29, 1.82) is 0 Å². The highest BCUT2D eigenvalue weighted by molar-refractivity contribution is 7.13. The molecule has 0 atom stereocenters. The number of ether oxygens (including phenoxy) is 1. The first-order chi connectivity index (χ1) is 8.85. The molecule has 0 aliphatic carbocycles. The molecule has 0 unspecified atom stereocenters. The zero-order chi connectivity index (χ0) is 14.0. The van der Waals surface area contributed by atoms with Gasteiger partial charge in [0.2, 0.25) is 0 Å². The van der Waals surface area contributed by atoms with Crippen LogP contribution >= 0.6 is 11.3 Å². The quantitative estimate of drug-likeness (QED) is 0.904. The van der Waals surface area contributed by atoms with E-state index in [4.69, 9.17) is 5.73 Å². The number of carbonyl (C=O) groups excluding carboxylic acids is 1. The number of nitrogen functional groups attached to an aromatic ring is 1. The molecule has 9 heteroatoms. The molecular weight excluding hydrogens is 283 g/mol. The molecule has 0 saturated carbocycles. The van der Waals surface area contributed by atoms with Crippen LogP contribution in [0.25, 0.3) is 0 Å². The lowest BCUT2D eigenvalue weighted by molar-refractivity contribution is -0.345. The van der Waals surface area contributed by atoms with Gasteiger partial charge >= 0.3 is 6.36 Å². The Morgan fingerprint density at radius 3 is 2.58 bits per heavy atom. The predicted octanol–water partition coefficient (Wildman–Crippen LogP) is 1.87. The van der Waals surface area contributed by atoms with Crippen molar-refractivity contribution in [2.45, 2.75) is 25.3 Å². The number of hydrogen-bond acceptors (Lipinski definition) is 5. The number of rotatable bonds is 2. The van der Waals surface area contributed by atoms with Crippen LogP contribution in [0.15, 0.2) is 5.38 Å². The van der Waals surface area contributed by atoms with Crippen molar-refractivity contribution in [2.24, 2.45) is 0 Å². The first-order valence-corrected chi connectivity index (χ1v) is 6.48. The fourth-order valence-corrected chi connectivity index (χ4v) is 2.45. The highest BCUT2D eigenvalue weighted by atomic mass is 32.1. The molecule has 1 amide bonds. The Bertz CT molecular complexity index is 455. The number of alkyl halides is 3. The molecule has 0 spiro atoms. The number of likely N-dealkylation sites (tertiary alicyclic amines) is 1. The van der Waals surface area contributed by atoms with Crippen LogP contribution in [0.2, 0.25) is 0 Å². The molecule has 0 aromatic carbocycles. The van der Waals surface area contributed by atoms with E-state index in [1.807, 2.05) is 0 Å². The molecular formula is C10H12F3N3O2S. The summed E-state index contributed by atoms with van der Waals surface area (Å²) in [5.74, 6) is -0.307. The lowest BCUT2D eigenvalue weighted by Crippen LogP contribution is -2.42. The van der Waals surface area contributed by atoms with E-state index >= 15 is 0 Å². The van der Waals surface area contributed by atoms with Crippen LogP contribution in [0, 0.1) is 0 Å². The molecule has 2 rings (SSSR count). The van der Waals surface area contributed by atoms with Crippen LogP contribution < -0.4 is 5.73 Å². The lowest BCUT2D eigenvalue weighted by atomic mass is 10.1. The van der Waals surface area contributed by atoms with Gasteiger partial charge in [-0.15, -0.1) is 24.5 Å². The van der Waals surface area contributed by atoms with Crippen molar-refractivity contribution < 1.29 is 22.7 Å². The van der Waals surface area contributed by atoms with Gasteiger partial charge in [0.05, 0.1) is 6.10 Å². The van der Waals surface area contributed by atoms with Crippen LogP contribution in [0.4, 0.5) is 18.3 Å². The molecule has 1 aromatic rings. The summed E-state index contributed by atoms with van der Waals surface area (Å²) in [5, 5.41) is 1.83. The molecule has 1 aliphatic heterocycles. The summed E-state index contributed by atoms with van der Waals surface area (Å²) >= 11 is 1.15. The average molecular weight is 295 g/mol. The number of carbonyl (C=O) groups is 1. The smallest absolute Gasteiger partial charge is 0.375 e. The minimum Gasteiger partial charge on any atom is -0.375 e. The number of nitrogens with zero attached hydrogens (tertiary/aromatic N) is 2. The molecule has 106 valence electrons. The second-order valence-corrected chi connectivity index (χ2v) is 5.02. The van der Waals surface area contributed by atoms with Crippen LogP contribution in [0.5, 0.6) is 0 Å². The Kier molecular flexibility index (Phi) is 3.95. The van der Waals surface area contributed by atoms with Gasteiger partial charge in [0.15, 0.2) is 5.13 Å². The average Bonchev–Trinajstić information content (AvgIpc) is 2.74. The molecule has 1 aromatic heterocycles. The molecule has 0 radical (unpaired) electrons. The molecule has 5 nitrogen and oxygen atoms in total. The van der Waals surface area contributed by atoms with E-state index < -0.39 is 12.5 Å². The monoisotopic (exact) mass is 295 g/mol. The fourth-order valence-electron chi connectivity index (χ4n) is 1.91. The SMILES string of the molecule is Nc1nc(C(=O)N2CCC(OC(F)(F)F)CC2)cs1. The van der Waals surface area contributed by atoms with Crippen LogP contribution in [-0.4, -0.2) is 41.3 Å². The fraction of sp³-hybridized carbons (Fsp3) is 0.600. The maximum atomic E-state index is 12.0. The molecule has 1 fully saturated rings. The molecule has 1 aliphatic rings. The van der Waals surface area contributed by atoms with Gasteiger partial charge in [-0.05, 0) is 12.8 Å². The molecule has 1 saturated heterocycles. The van der Waals surface area contributed by atoms with Gasteiger partial charge in [0, 0.05) is 18.5 Å². The van der Waals surface area contributed by atoms with Crippen molar-refractivity contribution in [3.63, 3.8) is 0 Å². The Labute approximate surface area is 111 Å². The summed E-state index contributed by atoms with van der Waals surface area (Å²) in [6, 6.07) is 0. The van der Waals surface area contributed by atoms with Gasteiger partial charge in [0.25, 0.3) is 5.91 Å². The third-order valence-electron chi connectivity index (χ3n) is 2.77. The first-order valence-electron chi connectivity index (χ1n) is 5.60. The van der Waals surface area contributed by atoms with E-state index in [0.717, 1.165) is 11.3 Å². The van der Waals surface area contributed by atoms with E-state index in [9.17, 15) is 18.0 Å². The number of thiazole rings is 1. The number of anilines is 1. The summed E-state index contributed by atoms with van der Waals surface area (Å²) in [4.78, 5) is 17.3. The largest absolute Gasteiger partial charge is 0.522 e. The van der Waals surface area contributed by atoms with Crippen molar-refractivity contribution in [3.8, 4) is 0 Å². The summed E-state index contributed by atoms with van der Waals surface area (Å²) in [5.41, 5.74) is 5.66. The first kappa shape index (κ1) is 14.1. The predicted molar refractivity (Wildman–Crippen MR) is 62.6 cm³/mol. The van der Waals surface area contributed by atoms with E-state index in [2.05, 4.69) is 9.72 Å². The minimum atomic E-state index is -4.62. The van der Waals surface area contributed by atoms with Crippen molar-refractivity contribution >= 4 is 22.4 Å². The van der Waals surface area contributed by atoms with Crippen molar-refractivity contribution in [2.75, 3.05) is 18.8 Å². The lowest BCUT2D eigenvalue weighted by Gasteiger charge is -2.31. The second-order valence-electron chi connectivity index (χ2n) is 4.13. The highest BCUT2D eigenvalue weighted by Gasteiger charge is 2.35. The zero-order valence-electron chi connectivity index (χ0n) is 9.81. The van der Waals surface area contributed by atoms with Crippen molar-refractivity contribution in [1.82, 2.24) is 9.88 Å². The maximum Gasteiger partial charge on any atom is 0.522 e. The third-order valence-corrected chi connectivity index (χ3v) is 3.44. The zero-order valence-corrected chi connectivity index (χ0v) is 10.6. The summed E-state index contributed by atoms with van der Waals surface area (Å²) in [6.45, 7) is 0.439. The van der Waals surface area contributed by atoms with Crippen molar-refractivity contribution in [3.05, 3.63) is 11.1 Å². The third kappa shape index (κ3) is 3.80. The Morgan fingerprint density at radius 1 is 1.47 bits per heavy atom. The van der Waals surface area contributed by atoms with E-state index in [-0.39, 0.29) is 37.5 Å². The molecule has 2 heterocycles. The topological polar surface area (TPSA) is 68.5 Å². The van der Waals surface area contributed by atoms with Gasteiger partial charge in [-0.2, -0.15) is 0 Å². The molecule has 19 heavy (non-hydrogen) atoms. The molecule has 2 N–H and O–H groups in total. The van der Waals surface area contributed by atoms with E-state index in [0.29, 0.717) is 5.13 Å².